The van der Waals surface area contributed by atoms with Gasteiger partial charge in [0, 0.05) is 13.1 Å². The zero-order chi connectivity index (χ0) is 17.7. The molecule has 2 aromatic carbocycles. The number of carbonyl (C=O) groups is 2. The largest absolute Gasteiger partial charge is 0.378 e. The number of hydrogen-bond donors (Lipinski definition) is 0. The average molecular weight is 350 g/mol. The van der Waals surface area contributed by atoms with Crippen LogP contribution in [0, 0.1) is 0 Å². The Morgan fingerprint density at radius 3 is 2.04 bits per heavy atom. The molecule has 0 radical (unpaired) electrons. The summed E-state index contributed by atoms with van der Waals surface area (Å²) in [4.78, 5) is 28.8. The van der Waals surface area contributed by atoms with Gasteiger partial charge in [-0.15, -0.1) is 0 Å². The van der Waals surface area contributed by atoms with Gasteiger partial charge in [-0.05, 0) is 34.6 Å². The highest BCUT2D eigenvalue weighted by Gasteiger charge is 2.38. The van der Waals surface area contributed by atoms with Crippen LogP contribution in [0.4, 0.5) is 11.4 Å². The fraction of sp³-hybridized carbons (Fsp3) is 0.222. The number of anilines is 2. The number of imide groups is 1. The number of aromatic nitrogens is 2. The molecule has 0 spiro atoms. The van der Waals surface area contributed by atoms with E-state index >= 15 is 0 Å². The van der Waals surface area contributed by atoms with E-state index in [4.69, 9.17) is 9.37 Å². The van der Waals surface area contributed by atoms with Crippen LogP contribution in [0.1, 0.15) is 20.7 Å². The average Bonchev–Trinajstić information content (AvgIpc) is 3.27. The van der Waals surface area contributed by atoms with Gasteiger partial charge >= 0.3 is 0 Å². The van der Waals surface area contributed by atoms with E-state index in [2.05, 4.69) is 15.2 Å². The summed E-state index contributed by atoms with van der Waals surface area (Å²) in [5.74, 6) is -0.733. The molecular formula is C18H14N4O4. The molecule has 0 bridgehead atoms. The maximum atomic E-state index is 12.8. The number of nitrogens with zero attached hydrogens (tertiary/aromatic N) is 4. The first-order chi connectivity index (χ1) is 12.8. The van der Waals surface area contributed by atoms with E-state index in [9.17, 15) is 9.59 Å². The van der Waals surface area contributed by atoms with Crippen molar-refractivity contribution in [3.05, 3.63) is 47.5 Å². The molecule has 2 aliphatic heterocycles. The van der Waals surface area contributed by atoms with Crippen LogP contribution in [0.3, 0.4) is 0 Å². The summed E-state index contributed by atoms with van der Waals surface area (Å²) in [6.07, 6.45) is 0. The topological polar surface area (TPSA) is 88.8 Å². The fourth-order valence-corrected chi connectivity index (χ4v) is 3.49. The Hall–Kier alpha value is -3.26. The number of amides is 2. The second-order valence-electron chi connectivity index (χ2n) is 6.16. The summed E-state index contributed by atoms with van der Waals surface area (Å²) < 4.78 is 10.3. The lowest BCUT2D eigenvalue weighted by Crippen LogP contribution is -2.36. The molecule has 130 valence electrons. The van der Waals surface area contributed by atoms with Gasteiger partial charge < -0.3 is 9.64 Å². The van der Waals surface area contributed by atoms with Crippen LogP contribution < -0.4 is 9.80 Å². The van der Waals surface area contributed by atoms with E-state index in [0.717, 1.165) is 23.7 Å². The summed E-state index contributed by atoms with van der Waals surface area (Å²) in [5, 5.41) is 7.97. The normalized spacial score (nSPS) is 17.2. The van der Waals surface area contributed by atoms with Crippen molar-refractivity contribution in [2.45, 2.75) is 0 Å². The minimum absolute atomic E-state index is 0.367. The Kier molecular flexibility index (Phi) is 3.26. The van der Waals surface area contributed by atoms with E-state index in [1.807, 2.05) is 6.07 Å². The molecule has 0 saturated carbocycles. The van der Waals surface area contributed by atoms with Gasteiger partial charge in [-0.2, -0.15) is 0 Å². The first kappa shape index (κ1) is 15.0. The van der Waals surface area contributed by atoms with Crippen LogP contribution in [-0.2, 0) is 4.74 Å². The van der Waals surface area contributed by atoms with Gasteiger partial charge in [0.2, 0.25) is 0 Å². The van der Waals surface area contributed by atoms with Crippen LogP contribution in [0.5, 0.6) is 0 Å². The van der Waals surface area contributed by atoms with Gasteiger partial charge in [0.05, 0.1) is 35.7 Å². The van der Waals surface area contributed by atoms with E-state index in [-0.39, 0.29) is 11.8 Å². The summed E-state index contributed by atoms with van der Waals surface area (Å²) in [6.45, 7) is 2.72. The summed E-state index contributed by atoms with van der Waals surface area (Å²) >= 11 is 0. The molecule has 26 heavy (non-hydrogen) atoms. The zero-order valence-corrected chi connectivity index (χ0v) is 13.7. The number of hydrogen-bond acceptors (Lipinski definition) is 7. The minimum atomic E-state index is -0.367. The van der Waals surface area contributed by atoms with Crippen molar-refractivity contribution < 1.29 is 19.0 Å². The third kappa shape index (κ3) is 2.05. The predicted octanol–water partition coefficient (Wildman–Crippen LogP) is 1.86. The van der Waals surface area contributed by atoms with Gasteiger partial charge in [-0.1, -0.05) is 12.1 Å². The first-order valence-electron chi connectivity index (χ1n) is 8.31. The fourth-order valence-electron chi connectivity index (χ4n) is 3.49. The molecular weight excluding hydrogens is 336 g/mol. The molecule has 8 heteroatoms. The number of rotatable bonds is 2. The maximum Gasteiger partial charge on any atom is 0.266 e. The summed E-state index contributed by atoms with van der Waals surface area (Å²) in [5.41, 5.74) is 2.93. The third-order valence-electron chi connectivity index (χ3n) is 4.76. The number of fused-ring (bicyclic) bond motifs is 2. The third-order valence-corrected chi connectivity index (χ3v) is 4.76. The predicted molar refractivity (Wildman–Crippen MR) is 92.4 cm³/mol. The van der Waals surface area contributed by atoms with Crippen molar-refractivity contribution in [2.24, 2.45) is 0 Å². The summed E-state index contributed by atoms with van der Waals surface area (Å²) in [7, 11) is 0. The van der Waals surface area contributed by atoms with Crippen LogP contribution >= 0.6 is 0 Å². The van der Waals surface area contributed by atoms with Crippen molar-refractivity contribution in [1.82, 2.24) is 10.3 Å². The van der Waals surface area contributed by atoms with Crippen molar-refractivity contribution in [1.29, 1.82) is 0 Å². The molecule has 0 atom stereocenters. The molecule has 1 aromatic heterocycles. The van der Waals surface area contributed by atoms with Gasteiger partial charge in [-0.3, -0.25) is 9.59 Å². The lowest BCUT2D eigenvalue weighted by molar-refractivity contribution is 0.0926. The van der Waals surface area contributed by atoms with Crippen molar-refractivity contribution in [3.63, 3.8) is 0 Å². The lowest BCUT2D eigenvalue weighted by atomic mass is 10.1. The number of morpholine rings is 1. The van der Waals surface area contributed by atoms with E-state index in [1.54, 1.807) is 30.3 Å². The second-order valence-corrected chi connectivity index (χ2v) is 6.16. The molecule has 2 aliphatic rings. The highest BCUT2D eigenvalue weighted by Crippen LogP contribution is 2.36. The van der Waals surface area contributed by atoms with Crippen LogP contribution in [-0.4, -0.2) is 48.4 Å². The SMILES string of the molecule is O=C1c2ccccc2C(=O)N1c1ccc(N2CCOCC2)c2nonc12. The monoisotopic (exact) mass is 350 g/mol. The minimum Gasteiger partial charge on any atom is -0.378 e. The Balaban J connectivity index is 1.62. The van der Waals surface area contributed by atoms with Gasteiger partial charge in [0.1, 0.15) is 0 Å². The quantitative estimate of drug-likeness (QED) is 0.652. The lowest BCUT2D eigenvalue weighted by Gasteiger charge is -2.29. The zero-order valence-electron chi connectivity index (χ0n) is 13.7. The maximum absolute atomic E-state index is 12.8. The molecule has 1 saturated heterocycles. The Labute approximate surface area is 147 Å². The van der Waals surface area contributed by atoms with E-state index in [1.165, 1.54) is 0 Å². The smallest absolute Gasteiger partial charge is 0.266 e. The Morgan fingerprint density at radius 2 is 1.38 bits per heavy atom. The highest BCUT2D eigenvalue weighted by molar-refractivity contribution is 6.35. The molecule has 8 nitrogen and oxygen atoms in total. The number of ether oxygens (including phenoxy) is 1. The van der Waals surface area contributed by atoms with Gasteiger partial charge in [-0.25, -0.2) is 9.53 Å². The molecule has 0 unspecified atom stereocenters. The Morgan fingerprint density at radius 1 is 0.808 bits per heavy atom. The first-order valence-corrected chi connectivity index (χ1v) is 8.31. The molecule has 5 rings (SSSR count). The van der Waals surface area contributed by atoms with Crippen molar-refractivity contribution in [3.8, 4) is 0 Å². The standard InChI is InChI=1S/C18H14N4O4/c23-17-11-3-1-2-4-12(11)18(24)22(17)14-6-5-13(15-16(14)20-26-19-15)21-7-9-25-10-8-21/h1-6H,7-10H2. The van der Waals surface area contributed by atoms with E-state index in [0.29, 0.717) is 41.1 Å². The van der Waals surface area contributed by atoms with Gasteiger partial charge in [0.25, 0.3) is 11.8 Å². The molecule has 3 heterocycles. The number of carbonyl (C=O) groups excluding carboxylic acids is 2. The van der Waals surface area contributed by atoms with E-state index < -0.39 is 0 Å². The molecule has 3 aromatic rings. The molecule has 0 N–H and O–H groups in total. The molecule has 0 aliphatic carbocycles. The van der Waals surface area contributed by atoms with Crippen LogP contribution in [0.25, 0.3) is 11.0 Å². The van der Waals surface area contributed by atoms with Crippen LogP contribution in [0.2, 0.25) is 0 Å². The molecule has 1 fully saturated rings. The van der Waals surface area contributed by atoms with Crippen molar-refractivity contribution >= 4 is 34.2 Å². The number of benzene rings is 2. The van der Waals surface area contributed by atoms with Crippen molar-refractivity contribution in [2.75, 3.05) is 36.1 Å². The summed E-state index contributed by atoms with van der Waals surface area (Å²) in [6, 6.07) is 10.3. The second kappa shape index (κ2) is 5.63. The van der Waals surface area contributed by atoms with Gasteiger partial charge in [0.15, 0.2) is 11.0 Å². The van der Waals surface area contributed by atoms with Crippen LogP contribution in [0.15, 0.2) is 41.0 Å². The molecule has 2 amide bonds. The Bertz CT molecular complexity index is 1000. The highest BCUT2D eigenvalue weighted by atomic mass is 16.6.